The van der Waals surface area contributed by atoms with Crippen molar-refractivity contribution in [2.24, 2.45) is 5.73 Å². The number of ether oxygens (including phenoxy) is 1. The van der Waals surface area contributed by atoms with Crippen molar-refractivity contribution in [3.05, 3.63) is 71.8 Å². The second kappa shape index (κ2) is 8.17. The van der Waals surface area contributed by atoms with Crippen LogP contribution in [0, 0.1) is 0 Å². The third kappa shape index (κ3) is 4.60. The third-order valence-electron chi connectivity index (χ3n) is 4.79. The van der Waals surface area contributed by atoms with E-state index in [0.29, 0.717) is 6.61 Å². The standard InChI is InChI=1S/C21H26N2O2/c1-2-19-20(14-18(22)13-16-9-5-3-6-10-16)23(19)21(24)25-15-17-11-7-4-8-12-17/h3-12,18-20H,2,13-15,22H2,1H3/t18?,19-,20+,23?/m0/s1. The molecule has 1 heterocycles. The summed E-state index contributed by atoms with van der Waals surface area (Å²) in [7, 11) is 0. The molecular weight excluding hydrogens is 312 g/mol. The number of benzene rings is 2. The fourth-order valence-corrected chi connectivity index (χ4v) is 3.45. The van der Waals surface area contributed by atoms with Gasteiger partial charge in [-0.3, -0.25) is 4.90 Å². The van der Waals surface area contributed by atoms with Crippen LogP contribution >= 0.6 is 0 Å². The Morgan fingerprint density at radius 1 is 1.04 bits per heavy atom. The monoisotopic (exact) mass is 338 g/mol. The van der Waals surface area contributed by atoms with E-state index in [2.05, 4.69) is 19.1 Å². The second-order valence-electron chi connectivity index (χ2n) is 6.68. The second-order valence-corrected chi connectivity index (χ2v) is 6.68. The molecular formula is C21H26N2O2. The zero-order valence-electron chi connectivity index (χ0n) is 14.7. The molecule has 0 spiro atoms. The summed E-state index contributed by atoms with van der Waals surface area (Å²) < 4.78 is 5.46. The quantitative estimate of drug-likeness (QED) is 0.782. The van der Waals surface area contributed by atoms with Crippen LogP contribution in [0.4, 0.5) is 4.79 Å². The van der Waals surface area contributed by atoms with E-state index in [4.69, 9.17) is 10.5 Å². The Labute approximate surface area is 149 Å². The molecule has 132 valence electrons. The van der Waals surface area contributed by atoms with Crippen molar-refractivity contribution in [1.29, 1.82) is 0 Å². The van der Waals surface area contributed by atoms with Gasteiger partial charge in [0.1, 0.15) is 6.61 Å². The van der Waals surface area contributed by atoms with Gasteiger partial charge in [-0.05, 0) is 30.4 Å². The van der Waals surface area contributed by atoms with E-state index in [9.17, 15) is 4.79 Å². The Morgan fingerprint density at radius 2 is 1.64 bits per heavy atom. The van der Waals surface area contributed by atoms with Crippen molar-refractivity contribution in [3.63, 3.8) is 0 Å². The molecule has 1 saturated heterocycles. The van der Waals surface area contributed by atoms with E-state index in [0.717, 1.165) is 24.8 Å². The zero-order valence-corrected chi connectivity index (χ0v) is 14.7. The number of amides is 1. The molecule has 3 atom stereocenters. The molecule has 1 unspecified atom stereocenters. The lowest BCUT2D eigenvalue weighted by Crippen LogP contribution is -2.27. The van der Waals surface area contributed by atoms with Gasteiger partial charge in [0, 0.05) is 6.04 Å². The van der Waals surface area contributed by atoms with Crippen molar-refractivity contribution >= 4 is 6.09 Å². The lowest BCUT2D eigenvalue weighted by Gasteiger charge is -2.12. The van der Waals surface area contributed by atoms with E-state index in [-0.39, 0.29) is 24.2 Å². The van der Waals surface area contributed by atoms with Crippen LogP contribution in [0.1, 0.15) is 30.9 Å². The van der Waals surface area contributed by atoms with E-state index in [1.165, 1.54) is 5.56 Å². The molecule has 4 nitrogen and oxygen atoms in total. The van der Waals surface area contributed by atoms with Gasteiger partial charge in [-0.1, -0.05) is 67.6 Å². The van der Waals surface area contributed by atoms with Crippen LogP contribution in [0.15, 0.2) is 60.7 Å². The molecule has 1 aliphatic rings. The molecule has 3 rings (SSSR count). The van der Waals surface area contributed by atoms with Crippen LogP contribution in [-0.4, -0.2) is 29.1 Å². The summed E-state index contributed by atoms with van der Waals surface area (Å²) in [5, 5.41) is 0. The molecule has 0 radical (unpaired) electrons. The van der Waals surface area contributed by atoms with Crippen LogP contribution in [-0.2, 0) is 17.8 Å². The van der Waals surface area contributed by atoms with Gasteiger partial charge in [0.25, 0.3) is 0 Å². The molecule has 2 aromatic rings. The number of carbonyl (C=O) groups is 1. The molecule has 1 fully saturated rings. The molecule has 1 aliphatic heterocycles. The SMILES string of the molecule is CC[C@H]1[C@@H](CC(N)Cc2ccccc2)N1C(=O)OCc1ccccc1. The summed E-state index contributed by atoms with van der Waals surface area (Å²) in [6.07, 6.45) is 2.35. The number of hydrogen-bond donors (Lipinski definition) is 1. The highest BCUT2D eigenvalue weighted by Gasteiger charge is 2.50. The van der Waals surface area contributed by atoms with Crippen LogP contribution < -0.4 is 5.73 Å². The summed E-state index contributed by atoms with van der Waals surface area (Å²) in [4.78, 5) is 14.2. The third-order valence-corrected chi connectivity index (χ3v) is 4.79. The average molecular weight is 338 g/mol. The van der Waals surface area contributed by atoms with Gasteiger partial charge in [0.15, 0.2) is 0 Å². The topological polar surface area (TPSA) is 55.3 Å². The Kier molecular flexibility index (Phi) is 5.71. The number of carbonyl (C=O) groups excluding carboxylic acids is 1. The maximum atomic E-state index is 12.4. The number of rotatable bonds is 7. The Hall–Kier alpha value is -2.33. The van der Waals surface area contributed by atoms with Crippen LogP contribution in [0.25, 0.3) is 0 Å². The smallest absolute Gasteiger partial charge is 0.410 e. The van der Waals surface area contributed by atoms with E-state index in [1.807, 2.05) is 53.4 Å². The van der Waals surface area contributed by atoms with Gasteiger partial charge in [0.05, 0.1) is 12.1 Å². The molecule has 1 amide bonds. The van der Waals surface area contributed by atoms with E-state index in [1.54, 1.807) is 0 Å². The maximum Gasteiger partial charge on any atom is 0.410 e. The molecule has 0 saturated carbocycles. The van der Waals surface area contributed by atoms with Gasteiger partial charge in [-0.25, -0.2) is 4.79 Å². The van der Waals surface area contributed by atoms with Gasteiger partial charge in [0.2, 0.25) is 0 Å². The predicted octanol–water partition coefficient (Wildman–Crippen LogP) is 3.75. The minimum atomic E-state index is -0.229. The first-order valence-electron chi connectivity index (χ1n) is 8.97. The number of nitrogens with zero attached hydrogens (tertiary/aromatic N) is 1. The van der Waals surface area contributed by atoms with Gasteiger partial charge >= 0.3 is 6.09 Å². The van der Waals surface area contributed by atoms with Crippen LogP contribution in [0.2, 0.25) is 0 Å². The van der Waals surface area contributed by atoms with Crippen molar-refractivity contribution in [2.45, 2.75) is 50.9 Å². The van der Waals surface area contributed by atoms with Crippen molar-refractivity contribution in [1.82, 2.24) is 4.90 Å². The fourth-order valence-electron chi connectivity index (χ4n) is 3.45. The highest BCUT2D eigenvalue weighted by atomic mass is 16.6. The van der Waals surface area contributed by atoms with Gasteiger partial charge in [-0.15, -0.1) is 0 Å². The van der Waals surface area contributed by atoms with Crippen molar-refractivity contribution in [2.75, 3.05) is 0 Å². The van der Waals surface area contributed by atoms with Gasteiger partial charge < -0.3 is 10.5 Å². The van der Waals surface area contributed by atoms with E-state index < -0.39 is 0 Å². The average Bonchev–Trinajstić information content (AvgIpc) is 3.33. The summed E-state index contributed by atoms with van der Waals surface area (Å²) in [6.45, 7) is 2.42. The lowest BCUT2D eigenvalue weighted by atomic mass is 10.0. The Morgan fingerprint density at radius 3 is 2.24 bits per heavy atom. The van der Waals surface area contributed by atoms with Crippen LogP contribution in [0.3, 0.4) is 0 Å². The number of hydrogen-bond acceptors (Lipinski definition) is 3. The van der Waals surface area contributed by atoms with E-state index >= 15 is 0 Å². The minimum absolute atomic E-state index is 0.0494. The first kappa shape index (κ1) is 17.5. The number of nitrogens with two attached hydrogens (primary N) is 1. The molecule has 0 bridgehead atoms. The molecule has 2 aromatic carbocycles. The van der Waals surface area contributed by atoms with Crippen molar-refractivity contribution in [3.8, 4) is 0 Å². The Bertz CT molecular complexity index is 675. The Balaban J connectivity index is 1.49. The summed E-state index contributed by atoms with van der Waals surface area (Å²) >= 11 is 0. The summed E-state index contributed by atoms with van der Waals surface area (Å²) in [6, 6.07) is 20.5. The first-order valence-corrected chi connectivity index (χ1v) is 8.97. The normalized spacial score (nSPS) is 20.2. The summed E-state index contributed by atoms with van der Waals surface area (Å²) in [5.74, 6) is 0. The van der Waals surface area contributed by atoms with Crippen LogP contribution in [0.5, 0.6) is 0 Å². The highest BCUT2D eigenvalue weighted by molar-refractivity contribution is 5.72. The van der Waals surface area contributed by atoms with Crippen molar-refractivity contribution < 1.29 is 9.53 Å². The fraction of sp³-hybridized carbons (Fsp3) is 0.381. The molecule has 25 heavy (non-hydrogen) atoms. The van der Waals surface area contributed by atoms with Gasteiger partial charge in [-0.2, -0.15) is 0 Å². The highest BCUT2D eigenvalue weighted by Crippen LogP contribution is 2.35. The minimum Gasteiger partial charge on any atom is -0.445 e. The maximum absolute atomic E-state index is 12.4. The predicted molar refractivity (Wildman–Crippen MR) is 99.1 cm³/mol. The first-order chi connectivity index (χ1) is 12.2. The molecule has 2 N–H and O–H groups in total. The molecule has 0 aromatic heterocycles. The zero-order chi connectivity index (χ0) is 17.6. The lowest BCUT2D eigenvalue weighted by molar-refractivity contribution is 0.119. The molecule has 0 aliphatic carbocycles. The summed E-state index contributed by atoms with van der Waals surface area (Å²) in [5.41, 5.74) is 8.55. The largest absolute Gasteiger partial charge is 0.445 e. The molecule has 4 heteroatoms.